The van der Waals surface area contributed by atoms with Crippen LogP contribution in [-0.2, 0) is 4.74 Å². The minimum atomic E-state index is -0.253. The van der Waals surface area contributed by atoms with Crippen LogP contribution in [0, 0.1) is 12.3 Å². The summed E-state index contributed by atoms with van der Waals surface area (Å²) in [7, 11) is 0. The van der Waals surface area contributed by atoms with Gasteiger partial charge < -0.3 is 15.8 Å². The predicted molar refractivity (Wildman–Crippen MR) is 131 cm³/mol. The van der Waals surface area contributed by atoms with Gasteiger partial charge in [-0.3, -0.25) is 0 Å². The maximum Gasteiger partial charge on any atom is 0.170 e. The molecular formula is C27H39N2O. The highest BCUT2D eigenvalue weighted by molar-refractivity contribution is 5.88. The minimum Gasteiger partial charge on any atom is -0.468 e. The van der Waals surface area contributed by atoms with Crippen LogP contribution in [0.3, 0.4) is 0 Å². The van der Waals surface area contributed by atoms with Crippen molar-refractivity contribution in [2.75, 3.05) is 0 Å². The van der Waals surface area contributed by atoms with Crippen molar-refractivity contribution in [3.05, 3.63) is 90.4 Å². The van der Waals surface area contributed by atoms with Crippen molar-refractivity contribution in [2.45, 2.75) is 60.2 Å². The molecule has 3 heteroatoms. The Bertz CT molecular complexity index is 762. The largest absolute Gasteiger partial charge is 0.468 e. The summed E-state index contributed by atoms with van der Waals surface area (Å²) in [5.74, 6) is 1.31. The van der Waals surface area contributed by atoms with Crippen molar-refractivity contribution in [3.8, 4) is 0 Å². The van der Waals surface area contributed by atoms with Crippen molar-refractivity contribution in [2.24, 2.45) is 11.7 Å². The zero-order valence-electron chi connectivity index (χ0n) is 17.1. The molecule has 0 spiro atoms. The Morgan fingerprint density at radius 1 is 0.967 bits per heavy atom. The fourth-order valence-electron chi connectivity index (χ4n) is 3.51. The van der Waals surface area contributed by atoms with Gasteiger partial charge in [0.05, 0.1) is 5.70 Å². The summed E-state index contributed by atoms with van der Waals surface area (Å²) in [5, 5.41) is 3.59. The number of rotatable bonds is 6. The molecule has 0 saturated carbocycles. The molecule has 0 aromatic heterocycles. The number of hydrogen-bond acceptors (Lipinski definition) is 3. The van der Waals surface area contributed by atoms with Crippen molar-refractivity contribution in [1.29, 1.82) is 0 Å². The molecule has 2 aliphatic rings. The summed E-state index contributed by atoms with van der Waals surface area (Å²) in [6.07, 6.45) is 8.08. The van der Waals surface area contributed by atoms with E-state index in [0.29, 0.717) is 5.92 Å². The fourth-order valence-corrected chi connectivity index (χ4v) is 3.51. The first-order valence-corrected chi connectivity index (χ1v) is 10.3. The Hall–Kier alpha value is -2.52. The summed E-state index contributed by atoms with van der Waals surface area (Å²) in [5.41, 5.74) is 9.41. The van der Waals surface area contributed by atoms with Crippen LogP contribution >= 0.6 is 0 Å². The Balaban J connectivity index is 0.00000109. The molecule has 30 heavy (non-hydrogen) atoms. The van der Waals surface area contributed by atoms with E-state index in [4.69, 9.17) is 10.5 Å². The lowest BCUT2D eigenvalue weighted by atomic mass is 9.74. The molecule has 3 atom stereocenters. The van der Waals surface area contributed by atoms with Gasteiger partial charge in [-0.2, -0.15) is 0 Å². The second kappa shape index (κ2) is 11.6. The molecule has 0 fully saturated rings. The standard InChI is InChI=1S/C23H25N2O.C2H6.2CH4/c1-17(23(24)15-8-16-23)13-14-20-25-21(18-9-4-2-5-10-18)22(26-20)19-11-6-3-7-12-19;1-2;;/h2-12,15-17,20,25H,13-14,24H2,1H3;1-2H3;2*1H4. The molecule has 3 nitrogen and oxygen atoms in total. The van der Waals surface area contributed by atoms with Crippen LogP contribution < -0.4 is 11.1 Å². The van der Waals surface area contributed by atoms with Gasteiger partial charge in [0.15, 0.2) is 12.0 Å². The number of nitrogens with one attached hydrogen (secondary N) is 1. The zero-order valence-corrected chi connectivity index (χ0v) is 17.1. The molecule has 0 amide bonds. The average molecular weight is 408 g/mol. The highest BCUT2D eigenvalue weighted by Crippen LogP contribution is 2.35. The molecule has 3 unspecified atom stereocenters. The van der Waals surface area contributed by atoms with Crippen molar-refractivity contribution >= 4 is 11.5 Å². The van der Waals surface area contributed by atoms with E-state index in [-0.39, 0.29) is 26.6 Å². The predicted octanol–water partition coefficient (Wildman–Crippen LogP) is 6.64. The van der Waals surface area contributed by atoms with Gasteiger partial charge in [0.1, 0.15) is 0 Å². The number of benzene rings is 2. The van der Waals surface area contributed by atoms with E-state index < -0.39 is 0 Å². The van der Waals surface area contributed by atoms with Gasteiger partial charge in [-0.1, -0.05) is 108 Å². The van der Waals surface area contributed by atoms with Crippen molar-refractivity contribution in [3.63, 3.8) is 0 Å². The van der Waals surface area contributed by atoms with E-state index in [1.807, 2.05) is 44.2 Å². The van der Waals surface area contributed by atoms with E-state index in [1.165, 1.54) is 0 Å². The molecule has 0 bridgehead atoms. The molecule has 3 N–H and O–H groups in total. The van der Waals surface area contributed by atoms with Gasteiger partial charge in [-0.25, -0.2) is 0 Å². The maximum atomic E-state index is 6.35. The molecule has 1 radical (unpaired) electrons. The lowest BCUT2D eigenvalue weighted by molar-refractivity contribution is 0.148. The zero-order chi connectivity index (χ0) is 20.0. The van der Waals surface area contributed by atoms with Gasteiger partial charge in [0.25, 0.3) is 0 Å². The van der Waals surface area contributed by atoms with E-state index in [1.54, 1.807) is 0 Å². The summed E-state index contributed by atoms with van der Waals surface area (Å²) >= 11 is 0. The second-order valence-electron chi connectivity index (χ2n) is 7.19. The summed E-state index contributed by atoms with van der Waals surface area (Å²) in [6, 6.07) is 20.7. The van der Waals surface area contributed by atoms with Crippen LogP contribution in [0.15, 0.2) is 72.8 Å². The topological polar surface area (TPSA) is 47.3 Å². The summed E-state index contributed by atoms with van der Waals surface area (Å²) in [6.45, 7) is 6.21. The highest BCUT2D eigenvalue weighted by atomic mass is 16.5. The van der Waals surface area contributed by atoms with E-state index in [9.17, 15) is 0 Å². The Morgan fingerprint density at radius 3 is 2.00 bits per heavy atom. The average Bonchev–Trinajstić information content (AvgIpc) is 3.17. The molecule has 2 aromatic carbocycles. The van der Waals surface area contributed by atoms with Crippen LogP contribution in [0.5, 0.6) is 0 Å². The lowest BCUT2D eigenvalue weighted by Gasteiger charge is -2.37. The SMILES string of the molecule is C.C.CC.CC(CCC1NC(c2ccccc2)=C(c2ccccc2)O1)C1(N)[CH]C=C1. The molecule has 1 aliphatic heterocycles. The van der Waals surface area contributed by atoms with Crippen molar-refractivity contribution in [1.82, 2.24) is 5.32 Å². The molecular weight excluding hydrogens is 368 g/mol. The van der Waals surface area contributed by atoms with E-state index >= 15 is 0 Å². The van der Waals surface area contributed by atoms with Crippen LogP contribution in [0.2, 0.25) is 0 Å². The van der Waals surface area contributed by atoms with Crippen LogP contribution in [0.1, 0.15) is 59.6 Å². The summed E-state index contributed by atoms with van der Waals surface area (Å²) < 4.78 is 6.33. The molecule has 1 heterocycles. The molecule has 4 rings (SSSR count). The lowest BCUT2D eigenvalue weighted by Crippen LogP contribution is -2.48. The highest BCUT2D eigenvalue weighted by Gasteiger charge is 2.34. The van der Waals surface area contributed by atoms with Gasteiger partial charge in [0.2, 0.25) is 0 Å². The number of hydrogen-bond donors (Lipinski definition) is 2. The van der Waals surface area contributed by atoms with Crippen LogP contribution in [0.4, 0.5) is 0 Å². The first kappa shape index (κ1) is 25.5. The van der Waals surface area contributed by atoms with E-state index in [2.05, 4.69) is 61.1 Å². The minimum absolute atomic E-state index is 0. The van der Waals surface area contributed by atoms with Gasteiger partial charge in [0, 0.05) is 29.5 Å². The van der Waals surface area contributed by atoms with Gasteiger partial charge in [-0.15, -0.1) is 0 Å². The van der Waals surface area contributed by atoms with Crippen molar-refractivity contribution < 1.29 is 4.74 Å². The Kier molecular flexibility index (Phi) is 9.88. The fraction of sp³-hybridized carbons (Fsp3) is 0.370. The Labute approximate surface area is 184 Å². The smallest absolute Gasteiger partial charge is 0.170 e. The van der Waals surface area contributed by atoms with Crippen LogP contribution in [0.25, 0.3) is 11.5 Å². The normalized spacial score (nSPS) is 22.2. The third kappa shape index (κ3) is 5.54. The van der Waals surface area contributed by atoms with Gasteiger partial charge >= 0.3 is 0 Å². The molecule has 163 valence electrons. The molecule has 2 aromatic rings. The molecule has 1 aliphatic carbocycles. The van der Waals surface area contributed by atoms with Crippen LogP contribution in [-0.4, -0.2) is 11.8 Å². The third-order valence-corrected chi connectivity index (χ3v) is 5.38. The number of nitrogens with two attached hydrogens (primary N) is 1. The van der Waals surface area contributed by atoms with Gasteiger partial charge in [-0.05, 0) is 12.3 Å². The first-order valence-electron chi connectivity index (χ1n) is 10.3. The van der Waals surface area contributed by atoms with E-state index in [0.717, 1.165) is 35.4 Å². The Morgan fingerprint density at radius 2 is 1.50 bits per heavy atom. The molecule has 0 saturated heterocycles. The maximum absolute atomic E-state index is 6.35. The third-order valence-electron chi connectivity index (χ3n) is 5.38. The number of ether oxygens (including phenoxy) is 1. The quantitative estimate of drug-likeness (QED) is 0.564. The monoisotopic (exact) mass is 407 g/mol. The summed E-state index contributed by atoms with van der Waals surface area (Å²) in [4.78, 5) is 0. The second-order valence-corrected chi connectivity index (χ2v) is 7.19. The first-order chi connectivity index (χ1) is 13.7.